The van der Waals surface area contributed by atoms with Gasteiger partial charge in [-0.25, -0.2) is 0 Å². The van der Waals surface area contributed by atoms with Crippen molar-refractivity contribution in [1.82, 2.24) is 35.2 Å². The Bertz CT molecular complexity index is 463. The number of hydrogen-bond acceptors (Lipinski definition) is 7. The fourth-order valence-corrected chi connectivity index (χ4v) is 12.9. The minimum Gasteiger partial charge on any atom is -0.281 e. The lowest BCUT2D eigenvalue weighted by atomic mass is 10.3. The molecule has 0 aliphatic rings. The van der Waals surface area contributed by atoms with Crippen molar-refractivity contribution in [3.63, 3.8) is 0 Å². The van der Waals surface area contributed by atoms with Crippen LogP contribution >= 0.6 is 15.6 Å². The molecule has 38 heavy (non-hydrogen) atoms. The summed E-state index contributed by atoms with van der Waals surface area (Å²) in [6.07, 6.45) is 18.0. The summed E-state index contributed by atoms with van der Waals surface area (Å²) < 4.78 is 2.93. The van der Waals surface area contributed by atoms with Crippen LogP contribution < -0.4 is 30.8 Å². The van der Waals surface area contributed by atoms with E-state index in [1.54, 1.807) is 0 Å². The quantitative estimate of drug-likeness (QED) is 0.0383. The molecule has 230 valence electrons. The molecule has 0 saturated heterocycles. The van der Waals surface area contributed by atoms with Crippen molar-refractivity contribution in [1.29, 1.82) is 0 Å². The van der Waals surface area contributed by atoms with E-state index in [1.165, 1.54) is 89.9 Å². The van der Waals surface area contributed by atoms with Crippen LogP contribution in [0.15, 0.2) is 0 Å². The van der Waals surface area contributed by atoms with Crippen LogP contribution in [0.1, 0.15) is 138 Å². The van der Waals surface area contributed by atoms with Gasteiger partial charge in [-0.15, -0.1) is 15.3 Å². The van der Waals surface area contributed by atoms with Gasteiger partial charge < -0.3 is 0 Å². The van der Waals surface area contributed by atoms with Gasteiger partial charge in [0, 0.05) is 37.2 Å². The van der Waals surface area contributed by atoms with Gasteiger partial charge in [-0.1, -0.05) is 93.4 Å². The average Bonchev–Trinajstić information content (AvgIpc) is 2.92. The lowest BCUT2D eigenvalue weighted by Gasteiger charge is -2.42. The molecule has 0 saturated carbocycles. The molecule has 0 heterocycles. The summed E-state index contributed by atoms with van der Waals surface area (Å²) in [6.45, 7) is 23.7. The lowest BCUT2D eigenvalue weighted by Crippen LogP contribution is -2.54. The highest BCUT2D eigenvalue weighted by molar-refractivity contribution is 7.83. The number of nitrogens with zero attached hydrogens (tertiary/aromatic N) is 1. The second-order valence-corrected chi connectivity index (χ2v) is 16.7. The molecular weight excluding hydrogens is 508 g/mol. The van der Waals surface area contributed by atoms with Crippen LogP contribution in [-0.4, -0.2) is 56.5 Å². The second-order valence-electron chi connectivity index (χ2n) is 10.7. The monoisotopic (exact) mass is 580 g/mol. The van der Waals surface area contributed by atoms with Gasteiger partial charge in [-0.2, -0.15) is 10.2 Å². The molecular formula is C29H71N7P2+2. The fraction of sp³-hybridized carbons (Fsp3) is 1.00. The number of hydrogen-bond donors (Lipinski definition) is 6. The normalized spacial score (nSPS) is 12.6. The van der Waals surface area contributed by atoms with E-state index in [0.717, 1.165) is 52.1 Å². The Morgan fingerprint density at radius 1 is 0.421 bits per heavy atom. The third-order valence-corrected chi connectivity index (χ3v) is 14.7. The zero-order chi connectivity index (χ0) is 28.4. The molecule has 0 aromatic heterocycles. The Morgan fingerprint density at radius 2 is 0.763 bits per heavy atom. The van der Waals surface area contributed by atoms with Crippen molar-refractivity contribution in [2.45, 2.75) is 138 Å². The molecule has 0 spiro atoms. The first-order valence-corrected chi connectivity index (χ1v) is 20.2. The summed E-state index contributed by atoms with van der Waals surface area (Å²) in [5.74, 6) is 0. The Balaban J connectivity index is 6.71. The van der Waals surface area contributed by atoms with Gasteiger partial charge in [0.2, 0.25) is 0 Å². The number of rotatable bonds is 30. The summed E-state index contributed by atoms with van der Waals surface area (Å²) in [5.41, 5.74) is 0. The van der Waals surface area contributed by atoms with Crippen LogP contribution in [0.4, 0.5) is 0 Å². The van der Waals surface area contributed by atoms with Crippen LogP contribution in [0.25, 0.3) is 0 Å². The molecule has 0 unspecified atom stereocenters. The van der Waals surface area contributed by atoms with E-state index in [-0.39, 0.29) is 0 Å². The molecule has 0 aromatic carbocycles. The first kappa shape index (κ1) is 38.6. The molecule has 9 heteroatoms. The molecule has 0 amide bonds. The van der Waals surface area contributed by atoms with E-state index in [1.807, 2.05) is 0 Å². The van der Waals surface area contributed by atoms with Crippen LogP contribution in [0.5, 0.6) is 0 Å². The number of nitrogens with one attached hydrogen (secondary N) is 6. The molecule has 0 aliphatic carbocycles. The molecule has 0 atom stereocenters. The zero-order valence-corrected chi connectivity index (χ0v) is 28.7. The van der Waals surface area contributed by atoms with Gasteiger partial charge in [-0.05, 0) is 51.5 Å². The van der Waals surface area contributed by atoms with E-state index in [2.05, 4.69) is 83.7 Å². The van der Waals surface area contributed by atoms with Crippen molar-refractivity contribution in [3.05, 3.63) is 0 Å². The van der Waals surface area contributed by atoms with Gasteiger partial charge in [0.25, 0.3) is 7.71 Å². The van der Waals surface area contributed by atoms with Crippen LogP contribution in [0.2, 0.25) is 0 Å². The summed E-state index contributed by atoms with van der Waals surface area (Å²) in [7, 11) is -3.95. The largest absolute Gasteiger partial charge is 0.337 e. The van der Waals surface area contributed by atoms with E-state index in [0.29, 0.717) is 0 Å². The second kappa shape index (κ2) is 26.5. The minimum atomic E-state index is -2.03. The summed E-state index contributed by atoms with van der Waals surface area (Å²) in [6, 6.07) is 0. The van der Waals surface area contributed by atoms with Crippen molar-refractivity contribution >= 4 is 15.6 Å². The topological polar surface area (TPSA) is 75.4 Å². The lowest BCUT2D eigenvalue weighted by molar-refractivity contribution is 0.537. The van der Waals surface area contributed by atoms with E-state index in [9.17, 15) is 0 Å². The molecule has 0 radical (unpaired) electrons. The maximum atomic E-state index is 4.23. The Kier molecular flexibility index (Phi) is 26.9. The van der Waals surface area contributed by atoms with E-state index < -0.39 is 15.6 Å². The Labute approximate surface area is 241 Å². The minimum absolute atomic E-state index is 1.01. The van der Waals surface area contributed by atoms with Crippen molar-refractivity contribution in [2.24, 2.45) is 0 Å². The first-order valence-electron chi connectivity index (χ1n) is 16.6. The van der Waals surface area contributed by atoms with Crippen molar-refractivity contribution in [2.75, 3.05) is 52.1 Å². The smallest absolute Gasteiger partial charge is 0.281 e. The third-order valence-electron chi connectivity index (χ3n) is 6.92. The molecule has 0 fully saturated rings. The SMILES string of the molecule is CCCCNC[P+](NCCCC)(NCCCC)N(CCCC)[P+](NCCCC)(NCCCC)NCCCC. The van der Waals surface area contributed by atoms with Crippen LogP contribution in [0.3, 0.4) is 0 Å². The van der Waals surface area contributed by atoms with Gasteiger partial charge in [0.1, 0.15) is 0 Å². The van der Waals surface area contributed by atoms with Gasteiger partial charge in [0.05, 0.1) is 6.54 Å². The Morgan fingerprint density at radius 3 is 1.13 bits per heavy atom. The predicted octanol–water partition coefficient (Wildman–Crippen LogP) is 7.82. The molecule has 0 bridgehead atoms. The van der Waals surface area contributed by atoms with Gasteiger partial charge in [0.15, 0.2) is 6.29 Å². The van der Waals surface area contributed by atoms with E-state index >= 15 is 0 Å². The van der Waals surface area contributed by atoms with Gasteiger partial charge in [-0.3, -0.25) is 5.32 Å². The zero-order valence-electron chi connectivity index (χ0n) is 26.9. The standard InChI is InChI=1S/C29H71N7P2/c1-8-15-22-30-29-37(31-23-16-9-2,32-24-17-10-3)36(28-21-14-7)38(33-25-18-11-4,34-26-19-12-5)35-27-20-13-6/h30-35H,8-29H2,1-7H3/q+2. The summed E-state index contributed by atoms with van der Waals surface area (Å²) in [4.78, 5) is 0. The predicted molar refractivity (Wildman–Crippen MR) is 178 cm³/mol. The maximum absolute atomic E-state index is 4.23. The number of unbranched alkanes of at least 4 members (excludes halogenated alkanes) is 7. The molecule has 7 nitrogen and oxygen atoms in total. The fourth-order valence-electron chi connectivity index (χ4n) is 4.35. The molecule has 6 N–H and O–H groups in total. The van der Waals surface area contributed by atoms with Crippen molar-refractivity contribution < 1.29 is 0 Å². The molecule has 0 rings (SSSR count). The highest BCUT2D eigenvalue weighted by Crippen LogP contribution is 2.69. The van der Waals surface area contributed by atoms with Gasteiger partial charge >= 0.3 is 7.87 Å². The van der Waals surface area contributed by atoms with Crippen molar-refractivity contribution in [3.8, 4) is 0 Å². The van der Waals surface area contributed by atoms with Crippen LogP contribution in [0, 0.1) is 0 Å². The van der Waals surface area contributed by atoms with Crippen LogP contribution in [-0.2, 0) is 0 Å². The third kappa shape index (κ3) is 16.1. The van der Waals surface area contributed by atoms with E-state index in [4.69, 9.17) is 0 Å². The molecule has 0 aliphatic heterocycles. The highest BCUT2D eigenvalue weighted by atomic mass is 31.3. The summed E-state index contributed by atoms with van der Waals surface area (Å²) in [5, 5.41) is 24.9. The highest BCUT2D eigenvalue weighted by Gasteiger charge is 2.62. The first-order chi connectivity index (χ1) is 18.6. The molecule has 0 aromatic rings. The Hall–Kier alpha value is 0.580. The summed E-state index contributed by atoms with van der Waals surface area (Å²) >= 11 is 0. The average molecular weight is 580 g/mol. The maximum Gasteiger partial charge on any atom is 0.337 e.